The van der Waals surface area contributed by atoms with Gasteiger partial charge in [-0.15, -0.1) is 0 Å². The number of fused-ring (bicyclic) bond motifs is 1. The van der Waals surface area contributed by atoms with Gasteiger partial charge in [-0.25, -0.2) is 13.2 Å². The molecule has 0 radical (unpaired) electrons. The molecule has 21 heavy (non-hydrogen) atoms. The van der Waals surface area contributed by atoms with Crippen molar-refractivity contribution in [2.75, 3.05) is 7.11 Å². The van der Waals surface area contributed by atoms with E-state index in [0.717, 1.165) is 12.1 Å². The van der Waals surface area contributed by atoms with E-state index < -0.39 is 17.5 Å². The minimum absolute atomic E-state index is 0.0934. The number of hydrogen-bond acceptors (Lipinski definition) is 2. The molecule has 1 N–H and O–H groups in total. The van der Waals surface area contributed by atoms with E-state index in [1.165, 1.54) is 11.7 Å². The zero-order chi connectivity index (χ0) is 15.1. The fourth-order valence-electron chi connectivity index (χ4n) is 2.14. The molecule has 3 aromatic rings. The lowest BCUT2D eigenvalue weighted by molar-refractivity contribution is 0.415. The minimum atomic E-state index is -1.51. The highest BCUT2D eigenvalue weighted by atomic mass is 32.1. The molecule has 0 unspecified atom stereocenters. The Morgan fingerprint density at radius 3 is 2.38 bits per heavy atom. The second-order valence-corrected chi connectivity index (χ2v) is 4.76. The summed E-state index contributed by atoms with van der Waals surface area (Å²) in [5, 5.41) is 0. The van der Waals surface area contributed by atoms with Gasteiger partial charge in [0.05, 0.1) is 23.8 Å². The number of nitrogens with one attached hydrogen (secondary N) is 1. The van der Waals surface area contributed by atoms with Crippen molar-refractivity contribution in [1.29, 1.82) is 0 Å². The van der Waals surface area contributed by atoms with E-state index in [1.807, 2.05) is 0 Å². The average Bonchev–Trinajstić information content (AvgIpc) is 2.79. The molecular formula is C14H9F3N2OS. The molecule has 1 aromatic heterocycles. The average molecular weight is 310 g/mol. The molecule has 0 bridgehead atoms. The molecule has 1 heterocycles. The first-order valence-corrected chi connectivity index (χ1v) is 6.36. The molecule has 0 aliphatic heterocycles. The number of H-pyrrole nitrogens is 1. The summed E-state index contributed by atoms with van der Waals surface area (Å²) < 4.78 is 46.7. The molecule has 3 nitrogen and oxygen atoms in total. The lowest BCUT2D eigenvalue weighted by atomic mass is 10.2. The second-order valence-electron chi connectivity index (χ2n) is 4.37. The highest BCUT2D eigenvalue weighted by molar-refractivity contribution is 7.71. The third kappa shape index (κ3) is 2.19. The molecule has 2 aromatic carbocycles. The van der Waals surface area contributed by atoms with E-state index in [4.69, 9.17) is 17.0 Å². The van der Waals surface area contributed by atoms with Gasteiger partial charge in [0, 0.05) is 18.2 Å². The summed E-state index contributed by atoms with van der Waals surface area (Å²) >= 11 is 5.16. The zero-order valence-electron chi connectivity index (χ0n) is 10.8. The molecule has 0 atom stereocenters. The maximum atomic E-state index is 13.4. The minimum Gasteiger partial charge on any atom is -0.497 e. The largest absolute Gasteiger partial charge is 0.497 e. The normalized spacial score (nSPS) is 11.0. The molecule has 0 saturated carbocycles. The van der Waals surface area contributed by atoms with Crippen LogP contribution in [0.4, 0.5) is 13.2 Å². The van der Waals surface area contributed by atoms with Crippen molar-refractivity contribution in [3.63, 3.8) is 0 Å². The van der Waals surface area contributed by atoms with Crippen molar-refractivity contribution in [2.45, 2.75) is 0 Å². The van der Waals surface area contributed by atoms with Gasteiger partial charge in [0.25, 0.3) is 0 Å². The number of aromatic amines is 1. The van der Waals surface area contributed by atoms with Crippen LogP contribution in [-0.2, 0) is 0 Å². The van der Waals surface area contributed by atoms with Crippen LogP contribution < -0.4 is 4.74 Å². The highest BCUT2D eigenvalue weighted by Crippen LogP contribution is 2.25. The quantitative estimate of drug-likeness (QED) is 0.570. The van der Waals surface area contributed by atoms with Crippen molar-refractivity contribution in [3.8, 4) is 11.4 Å². The molecule has 0 fully saturated rings. The summed E-state index contributed by atoms with van der Waals surface area (Å²) in [5.41, 5.74) is 1.34. The number of imidazole rings is 1. The molecular weight excluding hydrogens is 301 g/mol. The SMILES string of the molecule is COc1ccc2[nH]c(=S)n(-c3cc(F)c(F)c(F)c3)c2c1. The highest BCUT2D eigenvalue weighted by Gasteiger charge is 2.14. The number of halogens is 3. The van der Waals surface area contributed by atoms with Gasteiger partial charge in [-0.1, -0.05) is 0 Å². The van der Waals surface area contributed by atoms with Crippen LogP contribution in [0.25, 0.3) is 16.7 Å². The Bertz CT molecular complexity index is 878. The van der Waals surface area contributed by atoms with Crippen LogP contribution in [-0.4, -0.2) is 16.7 Å². The first-order chi connectivity index (χ1) is 10.0. The van der Waals surface area contributed by atoms with Crippen LogP contribution in [0.15, 0.2) is 30.3 Å². The smallest absolute Gasteiger partial charge is 0.194 e. The molecule has 108 valence electrons. The second kappa shape index (κ2) is 4.92. The van der Waals surface area contributed by atoms with Crippen LogP contribution in [0.5, 0.6) is 5.75 Å². The molecule has 0 saturated heterocycles. The van der Waals surface area contributed by atoms with E-state index in [2.05, 4.69) is 4.98 Å². The van der Waals surface area contributed by atoms with Crippen molar-refractivity contribution in [3.05, 3.63) is 52.6 Å². The Labute approximate surface area is 122 Å². The molecule has 0 amide bonds. The van der Waals surface area contributed by atoms with E-state index in [9.17, 15) is 13.2 Å². The summed E-state index contributed by atoms with van der Waals surface area (Å²) in [4.78, 5) is 2.91. The maximum Gasteiger partial charge on any atom is 0.194 e. The van der Waals surface area contributed by atoms with Crippen LogP contribution in [0.1, 0.15) is 0 Å². The number of nitrogens with zero attached hydrogens (tertiary/aromatic N) is 1. The molecule has 0 aliphatic rings. The number of benzene rings is 2. The van der Waals surface area contributed by atoms with Gasteiger partial charge in [-0.05, 0) is 24.4 Å². The predicted octanol–water partition coefficient (Wildman–Crippen LogP) is 4.11. The van der Waals surface area contributed by atoms with Crippen molar-refractivity contribution in [1.82, 2.24) is 9.55 Å². The molecule has 0 spiro atoms. The lowest BCUT2D eigenvalue weighted by Crippen LogP contribution is -1.99. The number of ether oxygens (including phenoxy) is 1. The Morgan fingerprint density at radius 2 is 1.76 bits per heavy atom. The first kappa shape index (κ1) is 13.7. The zero-order valence-corrected chi connectivity index (χ0v) is 11.6. The summed E-state index contributed by atoms with van der Waals surface area (Å²) in [5.74, 6) is -3.50. The van der Waals surface area contributed by atoms with Crippen LogP contribution in [0.2, 0.25) is 0 Å². The summed E-state index contributed by atoms with van der Waals surface area (Å²) in [6.07, 6.45) is 0. The Kier molecular flexibility index (Phi) is 3.21. The number of methoxy groups -OCH3 is 1. The van der Waals surface area contributed by atoms with Crippen molar-refractivity contribution < 1.29 is 17.9 Å². The van der Waals surface area contributed by atoms with E-state index in [0.29, 0.717) is 16.8 Å². The Morgan fingerprint density at radius 1 is 1.10 bits per heavy atom. The Hall–Kier alpha value is -2.28. The van der Waals surface area contributed by atoms with E-state index in [-0.39, 0.29) is 10.5 Å². The van der Waals surface area contributed by atoms with Gasteiger partial charge in [-0.2, -0.15) is 0 Å². The van der Waals surface area contributed by atoms with Gasteiger partial charge < -0.3 is 9.72 Å². The lowest BCUT2D eigenvalue weighted by Gasteiger charge is -2.07. The standard InChI is InChI=1S/C14H9F3N2OS/c1-20-8-2-3-11-12(6-8)19(14(21)18-11)7-4-9(15)13(17)10(16)5-7/h2-6H,1H3,(H,18,21). The van der Waals surface area contributed by atoms with Crippen LogP contribution in [0.3, 0.4) is 0 Å². The topological polar surface area (TPSA) is 29.9 Å². The van der Waals surface area contributed by atoms with Gasteiger partial charge >= 0.3 is 0 Å². The number of aromatic nitrogens is 2. The van der Waals surface area contributed by atoms with Crippen LogP contribution >= 0.6 is 12.2 Å². The van der Waals surface area contributed by atoms with Gasteiger partial charge in [0.15, 0.2) is 22.2 Å². The van der Waals surface area contributed by atoms with Crippen molar-refractivity contribution in [2.24, 2.45) is 0 Å². The first-order valence-electron chi connectivity index (χ1n) is 5.95. The predicted molar refractivity (Wildman–Crippen MR) is 74.9 cm³/mol. The molecule has 7 heteroatoms. The molecule has 3 rings (SSSR count). The third-order valence-corrected chi connectivity index (χ3v) is 3.40. The fourth-order valence-corrected chi connectivity index (χ4v) is 2.45. The summed E-state index contributed by atoms with van der Waals surface area (Å²) in [6, 6.07) is 6.91. The maximum absolute atomic E-state index is 13.4. The Balaban J connectivity index is 2.34. The monoisotopic (exact) mass is 310 g/mol. The van der Waals surface area contributed by atoms with E-state index in [1.54, 1.807) is 18.2 Å². The molecule has 0 aliphatic carbocycles. The van der Waals surface area contributed by atoms with Crippen molar-refractivity contribution >= 4 is 23.3 Å². The third-order valence-electron chi connectivity index (χ3n) is 3.12. The summed E-state index contributed by atoms with van der Waals surface area (Å²) in [7, 11) is 1.50. The van der Waals surface area contributed by atoms with Gasteiger partial charge in [-0.3, -0.25) is 4.57 Å². The van der Waals surface area contributed by atoms with Gasteiger partial charge in [0.1, 0.15) is 5.75 Å². The van der Waals surface area contributed by atoms with E-state index >= 15 is 0 Å². The van der Waals surface area contributed by atoms with Crippen LogP contribution in [0, 0.1) is 22.2 Å². The summed E-state index contributed by atoms with van der Waals surface area (Å²) in [6.45, 7) is 0. The number of hydrogen-bond donors (Lipinski definition) is 1. The van der Waals surface area contributed by atoms with Gasteiger partial charge in [0.2, 0.25) is 0 Å². The fraction of sp³-hybridized carbons (Fsp3) is 0.0714. The number of rotatable bonds is 2.